The fraction of sp³-hybridized carbons (Fsp3) is 0.375. The van der Waals surface area contributed by atoms with E-state index in [0.29, 0.717) is 12.3 Å². The van der Waals surface area contributed by atoms with Gasteiger partial charge in [-0.1, -0.05) is 0 Å². The van der Waals surface area contributed by atoms with Crippen molar-refractivity contribution in [2.24, 2.45) is 0 Å². The van der Waals surface area contributed by atoms with Crippen molar-refractivity contribution >= 4 is 21.6 Å². The molecule has 1 N–H and O–H groups in total. The minimum absolute atomic E-state index is 0.00688. The Hall–Kier alpha value is -2.39. The minimum Gasteiger partial charge on any atom is -0.492 e. The lowest BCUT2D eigenvalue weighted by atomic mass is 10.2. The molecule has 1 amide bonds. The van der Waals surface area contributed by atoms with Gasteiger partial charge in [-0.3, -0.25) is 4.79 Å². The van der Waals surface area contributed by atoms with Crippen LogP contribution in [0.25, 0.3) is 0 Å². The van der Waals surface area contributed by atoms with E-state index in [-0.39, 0.29) is 16.6 Å². The van der Waals surface area contributed by atoms with Crippen molar-refractivity contribution in [3.05, 3.63) is 36.9 Å². The van der Waals surface area contributed by atoms with Crippen LogP contribution in [-0.4, -0.2) is 48.9 Å². The monoisotopic (exact) mass is 366 g/mol. The number of aromatic nitrogens is 2. The first-order valence-corrected chi connectivity index (χ1v) is 9.19. The van der Waals surface area contributed by atoms with Gasteiger partial charge >= 0.3 is 0 Å². The fourth-order valence-electron chi connectivity index (χ4n) is 2.14. The summed E-state index contributed by atoms with van der Waals surface area (Å²) in [5.74, 6) is -0.0350. The molecule has 8 nitrogen and oxygen atoms in total. The number of carbonyl (C=O) groups is 1. The van der Waals surface area contributed by atoms with E-state index in [4.69, 9.17) is 4.74 Å². The Labute approximate surface area is 147 Å². The first-order chi connectivity index (χ1) is 11.8. The third-order valence-electron chi connectivity index (χ3n) is 3.62. The Balaban J connectivity index is 2.32. The number of anilines is 1. The number of nitrogens with zero attached hydrogens (tertiary/aromatic N) is 3. The van der Waals surface area contributed by atoms with Gasteiger partial charge < -0.3 is 14.6 Å². The van der Waals surface area contributed by atoms with Crippen LogP contribution >= 0.6 is 0 Å². The number of rotatable bonds is 7. The molecule has 2 rings (SSSR count). The zero-order valence-electron chi connectivity index (χ0n) is 14.6. The molecule has 0 aliphatic rings. The molecular formula is C16H22N4O4S. The van der Waals surface area contributed by atoms with Crippen LogP contribution in [0, 0.1) is 0 Å². The van der Waals surface area contributed by atoms with Gasteiger partial charge in [0.05, 0.1) is 12.9 Å². The van der Waals surface area contributed by atoms with Gasteiger partial charge in [-0.2, -0.15) is 0 Å². The first-order valence-electron chi connectivity index (χ1n) is 7.75. The van der Waals surface area contributed by atoms with Crippen LogP contribution < -0.4 is 10.1 Å². The minimum atomic E-state index is -3.71. The third-order valence-corrected chi connectivity index (χ3v) is 5.46. The molecule has 9 heteroatoms. The number of benzene rings is 1. The molecule has 2 aromatic rings. The Bertz CT molecular complexity index is 832. The van der Waals surface area contributed by atoms with E-state index < -0.39 is 16.1 Å². The van der Waals surface area contributed by atoms with Gasteiger partial charge in [0.1, 0.15) is 16.7 Å². The molecule has 1 atom stereocenters. The van der Waals surface area contributed by atoms with Crippen LogP contribution in [0.2, 0.25) is 0 Å². The quantitative estimate of drug-likeness (QED) is 0.805. The van der Waals surface area contributed by atoms with Crippen molar-refractivity contribution in [2.45, 2.75) is 24.8 Å². The molecule has 136 valence electrons. The maximum Gasteiger partial charge on any atom is 0.247 e. The van der Waals surface area contributed by atoms with Crippen molar-refractivity contribution in [1.82, 2.24) is 13.9 Å². The van der Waals surface area contributed by atoms with Gasteiger partial charge in [0, 0.05) is 32.2 Å². The summed E-state index contributed by atoms with van der Waals surface area (Å²) >= 11 is 0. The molecule has 0 saturated heterocycles. The molecule has 0 spiro atoms. The van der Waals surface area contributed by atoms with Gasteiger partial charge in [0.2, 0.25) is 15.9 Å². The van der Waals surface area contributed by atoms with E-state index in [0.717, 1.165) is 4.31 Å². The highest BCUT2D eigenvalue weighted by atomic mass is 32.2. The van der Waals surface area contributed by atoms with Gasteiger partial charge in [0.25, 0.3) is 0 Å². The maximum absolute atomic E-state index is 12.5. The van der Waals surface area contributed by atoms with Gasteiger partial charge in [-0.15, -0.1) is 0 Å². The summed E-state index contributed by atoms with van der Waals surface area (Å²) in [4.78, 5) is 16.3. The molecule has 25 heavy (non-hydrogen) atoms. The summed E-state index contributed by atoms with van der Waals surface area (Å²) in [6.45, 7) is 3.83. The molecule has 0 fully saturated rings. The summed E-state index contributed by atoms with van der Waals surface area (Å²) in [5, 5.41) is 2.72. The van der Waals surface area contributed by atoms with Gasteiger partial charge in [-0.25, -0.2) is 17.7 Å². The van der Waals surface area contributed by atoms with E-state index >= 15 is 0 Å². The zero-order chi connectivity index (χ0) is 18.6. The molecule has 1 aromatic carbocycles. The van der Waals surface area contributed by atoms with Crippen molar-refractivity contribution < 1.29 is 17.9 Å². The number of ether oxygens (including phenoxy) is 1. The third kappa shape index (κ3) is 4.18. The molecule has 0 saturated carbocycles. The number of nitrogens with one attached hydrogen (secondary N) is 1. The lowest BCUT2D eigenvalue weighted by Crippen LogP contribution is -2.24. The summed E-state index contributed by atoms with van der Waals surface area (Å²) in [7, 11) is -0.826. The Kier molecular flexibility index (Phi) is 5.81. The molecule has 0 bridgehead atoms. The second kappa shape index (κ2) is 7.66. The van der Waals surface area contributed by atoms with Crippen molar-refractivity contribution in [2.75, 3.05) is 26.0 Å². The number of imidazole rings is 1. The zero-order valence-corrected chi connectivity index (χ0v) is 15.4. The Morgan fingerprint density at radius 3 is 2.68 bits per heavy atom. The highest BCUT2D eigenvalue weighted by Crippen LogP contribution is 2.29. The lowest BCUT2D eigenvalue weighted by molar-refractivity contribution is -0.118. The highest BCUT2D eigenvalue weighted by molar-refractivity contribution is 7.89. The topological polar surface area (TPSA) is 93.5 Å². The maximum atomic E-state index is 12.5. The number of amides is 1. The summed E-state index contributed by atoms with van der Waals surface area (Å²) in [6.07, 6.45) is 4.82. The molecule has 0 aliphatic carbocycles. The normalized spacial score (nSPS) is 12.8. The van der Waals surface area contributed by atoms with E-state index in [1.54, 1.807) is 43.2 Å². The highest BCUT2D eigenvalue weighted by Gasteiger charge is 2.24. The van der Waals surface area contributed by atoms with Crippen LogP contribution in [0.15, 0.2) is 41.8 Å². The van der Waals surface area contributed by atoms with Crippen molar-refractivity contribution in [3.8, 4) is 5.75 Å². The largest absolute Gasteiger partial charge is 0.492 e. The van der Waals surface area contributed by atoms with Crippen LogP contribution in [0.1, 0.15) is 19.9 Å². The van der Waals surface area contributed by atoms with Crippen molar-refractivity contribution in [1.29, 1.82) is 0 Å². The Morgan fingerprint density at radius 1 is 1.40 bits per heavy atom. The smallest absolute Gasteiger partial charge is 0.247 e. The molecule has 0 radical (unpaired) electrons. The van der Waals surface area contributed by atoms with Crippen LogP contribution in [-0.2, 0) is 14.8 Å². The summed E-state index contributed by atoms with van der Waals surface area (Å²) < 4.78 is 33.2. The summed E-state index contributed by atoms with van der Waals surface area (Å²) in [6, 6.07) is 4.07. The first kappa shape index (κ1) is 18.9. The number of hydrogen-bond donors (Lipinski definition) is 1. The second-order valence-corrected chi connectivity index (χ2v) is 7.68. The van der Waals surface area contributed by atoms with E-state index in [1.165, 1.54) is 26.2 Å². The SMILES string of the molecule is CCOc1ccc(NC(=O)[C@@H](C)n2ccnc2)cc1S(=O)(=O)N(C)C. The predicted molar refractivity (Wildman–Crippen MR) is 94.1 cm³/mol. The standard InChI is InChI=1S/C16H22N4O4S/c1-5-24-14-7-6-13(10-15(14)25(22,23)19(3)4)18-16(21)12(2)20-9-8-17-11-20/h6-12H,5H2,1-4H3,(H,18,21)/t12-/m1/s1. The second-order valence-electron chi connectivity index (χ2n) is 5.56. The molecule has 1 aromatic heterocycles. The van der Waals surface area contributed by atoms with Gasteiger partial charge in [-0.05, 0) is 32.0 Å². The van der Waals surface area contributed by atoms with Gasteiger partial charge in [0.15, 0.2) is 0 Å². The summed E-state index contributed by atoms with van der Waals surface area (Å²) in [5.41, 5.74) is 0.376. The number of carbonyl (C=O) groups excluding carboxylic acids is 1. The van der Waals surface area contributed by atoms with Crippen LogP contribution in [0.5, 0.6) is 5.75 Å². The lowest BCUT2D eigenvalue weighted by Gasteiger charge is -2.18. The van der Waals surface area contributed by atoms with Crippen LogP contribution in [0.3, 0.4) is 0 Å². The van der Waals surface area contributed by atoms with Crippen LogP contribution in [0.4, 0.5) is 5.69 Å². The number of hydrogen-bond acceptors (Lipinski definition) is 5. The van der Waals surface area contributed by atoms with E-state index in [1.807, 2.05) is 0 Å². The molecule has 0 unspecified atom stereocenters. The predicted octanol–water partition coefficient (Wildman–Crippen LogP) is 1.73. The average Bonchev–Trinajstić information content (AvgIpc) is 3.09. The molecule has 1 heterocycles. The van der Waals surface area contributed by atoms with E-state index in [2.05, 4.69) is 10.3 Å². The van der Waals surface area contributed by atoms with E-state index in [9.17, 15) is 13.2 Å². The Morgan fingerprint density at radius 2 is 2.12 bits per heavy atom. The average molecular weight is 366 g/mol. The molecule has 0 aliphatic heterocycles. The molecular weight excluding hydrogens is 344 g/mol. The number of sulfonamides is 1. The fourth-order valence-corrected chi connectivity index (χ4v) is 3.19. The van der Waals surface area contributed by atoms with Crippen molar-refractivity contribution in [3.63, 3.8) is 0 Å².